The molecule has 0 saturated heterocycles. The van der Waals surface area contributed by atoms with Crippen LogP contribution in [0.15, 0.2) is 51.0 Å². The number of Topliss-reactive ketones (excluding diaryl/α,β-unsaturated/α-hetero) is 1. The van der Waals surface area contributed by atoms with Crippen molar-refractivity contribution in [2.24, 2.45) is 10.9 Å². The van der Waals surface area contributed by atoms with E-state index in [1.54, 1.807) is 37.3 Å². The van der Waals surface area contributed by atoms with Crippen LogP contribution in [0, 0.1) is 5.92 Å². The second-order valence-corrected chi connectivity index (χ2v) is 6.56. The van der Waals surface area contributed by atoms with Crippen molar-refractivity contribution < 1.29 is 9.59 Å². The van der Waals surface area contributed by atoms with Crippen LogP contribution in [0.2, 0.25) is 5.02 Å². The van der Waals surface area contributed by atoms with Crippen molar-refractivity contribution in [1.82, 2.24) is 0 Å². The number of rotatable bonds is 2. The molecule has 0 fully saturated rings. The van der Waals surface area contributed by atoms with Crippen LogP contribution >= 0.6 is 27.5 Å². The summed E-state index contributed by atoms with van der Waals surface area (Å²) in [5.41, 5.74) is 2.27. The number of amides is 1. The van der Waals surface area contributed by atoms with Gasteiger partial charge in [0, 0.05) is 16.2 Å². The lowest BCUT2D eigenvalue weighted by Gasteiger charge is -2.18. The highest BCUT2D eigenvalue weighted by molar-refractivity contribution is 9.12. The van der Waals surface area contributed by atoms with Gasteiger partial charge in [-0.3, -0.25) is 9.59 Å². The van der Waals surface area contributed by atoms with Gasteiger partial charge in [0.25, 0.3) is 5.91 Å². The van der Waals surface area contributed by atoms with Crippen molar-refractivity contribution in [3.8, 4) is 0 Å². The SMILES string of the molecule is CC1=C(Br)C(=O)C(C(C)C)=CC1=NC(=O)c1ccc(Cl)cc1. The molecular formula is C17H15BrClNO2. The maximum Gasteiger partial charge on any atom is 0.277 e. The van der Waals surface area contributed by atoms with E-state index < -0.39 is 0 Å². The third kappa shape index (κ3) is 3.45. The third-order valence-electron chi connectivity index (χ3n) is 3.40. The molecule has 22 heavy (non-hydrogen) atoms. The molecule has 3 nitrogen and oxygen atoms in total. The first-order chi connectivity index (χ1) is 10.3. The lowest BCUT2D eigenvalue weighted by atomic mass is 9.90. The largest absolute Gasteiger partial charge is 0.288 e. The fourth-order valence-corrected chi connectivity index (χ4v) is 2.60. The summed E-state index contributed by atoms with van der Waals surface area (Å²) in [6.07, 6.45) is 1.70. The minimum absolute atomic E-state index is 0.0506. The summed E-state index contributed by atoms with van der Waals surface area (Å²) in [6, 6.07) is 6.55. The van der Waals surface area contributed by atoms with Crippen LogP contribution in [0.4, 0.5) is 0 Å². The summed E-state index contributed by atoms with van der Waals surface area (Å²) >= 11 is 9.12. The molecule has 0 atom stereocenters. The monoisotopic (exact) mass is 379 g/mol. The summed E-state index contributed by atoms with van der Waals surface area (Å²) in [6.45, 7) is 5.64. The first-order valence-electron chi connectivity index (χ1n) is 6.83. The van der Waals surface area contributed by atoms with E-state index in [9.17, 15) is 9.59 Å². The zero-order valence-corrected chi connectivity index (χ0v) is 14.8. The number of ketones is 1. The summed E-state index contributed by atoms with van der Waals surface area (Å²) in [5, 5.41) is 0.563. The molecule has 0 unspecified atom stereocenters. The summed E-state index contributed by atoms with van der Waals surface area (Å²) < 4.78 is 0.460. The predicted molar refractivity (Wildman–Crippen MR) is 92.8 cm³/mol. The Kier molecular flexibility index (Phi) is 5.14. The van der Waals surface area contributed by atoms with E-state index in [0.717, 1.165) is 0 Å². The average Bonchev–Trinajstić information content (AvgIpc) is 2.48. The fraction of sp³-hybridized carbons (Fsp3) is 0.235. The van der Waals surface area contributed by atoms with Gasteiger partial charge in [0.15, 0.2) is 5.78 Å². The van der Waals surface area contributed by atoms with E-state index >= 15 is 0 Å². The minimum Gasteiger partial charge on any atom is -0.288 e. The normalized spacial score (nSPS) is 17.3. The molecule has 114 valence electrons. The first-order valence-corrected chi connectivity index (χ1v) is 8.00. The van der Waals surface area contributed by atoms with Crippen molar-refractivity contribution >= 4 is 44.9 Å². The highest BCUT2D eigenvalue weighted by atomic mass is 79.9. The van der Waals surface area contributed by atoms with Crippen LogP contribution in [0.5, 0.6) is 0 Å². The molecular weight excluding hydrogens is 366 g/mol. The fourth-order valence-electron chi connectivity index (χ4n) is 2.04. The molecule has 1 amide bonds. The average molecular weight is 381 g/mol. The number of aliphatic imine (C=N–C) groups is 1. The number of halogens is 2. The third-order valence-corrected chi connectivity index (χ3v) is 4.61. The van der Waals surface area contributed by atoms with E-state index in [-0.39, 0.29) is 17.6 Å². The molecule has 1 aliphatic carbocycles. The molecule has 0 saturated carbocycles. The highest BCUT2D eigenvalue weighted by Gasteiger charge is 2.25. The van der Waals surface area contributed by atoms with Crippen LogP contribution in [0.1, 0.15) is 31.1 Å². The van der Waals surface area contributed by atoms with Crippen molar-refractivity contribution in [1.29, 1.82) is 0 Å². The molecule has 0 spiro atoms. The maximum absolute atomic E-state index is 12.3. The Labute approximate surface area is 142 Å². The van der Waals surface area contributed by atoms with Gasteiger partial charge in [-0.15, -0.1) is 0 Å². The van der Waals surface area contributed by atoms with Crippen molar-refractivity contribution in [2.75, 3.05) is 0 Å². The molecule has 1 aromatic carbocycles. The smallest absolute Gasteiger partial charge is 0.277 e. The Morgan fingerprint density at radius 3 is 2.36 bits per heavy atom. The van der Waals surface area contributed by atoms with Crippen LogP contribution in [0.25, 0.3) is 0 Å². The Morgan fingerprint density at radius 2 is 1.82 bits per heavy atom. The van der Waals surface area contributed by atoms with Gasteiger partial charge in [-0.1, -0.05) is 25.4 Å². The molecule has 0 aromatic heterocycles. The number of hydrogen-bond donors (Lipinski definition) is 0. The molecule has 2 rings (SSSR count). The van der Waals surface area contributed by atoms with Gasteiger partial charge in [0.2, 0.25) is 0 Å². The lowest BCUT2D eigenvalue weighted by molar-refractivity contribution is -0.112. The molecule has 0 N–H and O–H groups in total. The molecule has 1 aromatic rings. The van der Waals surface area contributed by atoms with Crippen LogP contribution in [-0.4, -0.2) is 17.4 Å². The number of allylic oxidation sites excluding steroid dienone is 4. The topological polar surface area (TPSA) is 46.5 Å². The highest BCUT2D eigenvalue weighted by Crippen LogP contribution is 2.28. The summed E-state index contributed by atoms with van der Waals surface area (Å²) in [5.74, 6) is -0.352. The van der Waals surface area contributed by atoms with Gasteiger partial charge in [0.1, 0.15) is 0 Å². The number of carbonyl (C=O) groups is 2. The first kappa shape index (κ1) is 16.8. The lowest BCUT2D eigenvalue weighted by Crippen LogP contribution is -2.19. The molecule has 0 radical (unpaired) electrons. The van der Waals surface area contributed by atoms with E-state index in [2.05, 4.69) is 20.9 Å². The Balaban J connectivity index is 2.42. The molecule has 0 bridgehead atoms. The number of hydrogen-bond acceptors (Lipinski definition) is 2. The molecule has 0 aliphatic heterocycles. The summed E-state index contributed by atoms with van der Waals surface area (Å²) in [4.78, 5) is 28.6. The van der Waals surface area contributed by atoms with Crippen LogP contribution < -0.4 is 0 Å². The number of benzene rings is 1. The Morgan fingerprint density at radius 1 is 1.23 bits per heavy atom. The molecule has 1 aliphatic rings. The van der Waals surface area contributed by atoms with Crippen molar-refractivity contribution in [3.05, 3.63) is 56.6 Å². The second kappa shape index (κ2) is 6.71. The Hall–Kier alpha value is -1.52. The van der Waals surface area contributed by atoms with Gasteiger partial charge in [-0.05, 0) is 64.7 Å². The number of carbonyl (C=O) groups excluding carboxylic acids is 2. The second-order valence-electron chi connectivity index (χ2n) is 5.33. The maximum atomic E-state index is 12.3. The minimum atomic E-state index is -0.361. The van der Waals surface area contributed by atoms with Gasteiger partial charge in [-0.2, -0.15) is 0 Å². The molecule has 0 heterocycles. The predicted octanol–water partition coefficient (Wildman–Crippen LogP) is 4.76. The van der Waals surface area contributed by atoms with E-state index in [1.165, 1.54) is 0 Å². The van der Waals surface area contributed by atoms with Crippen molar-refractivity contribution in [2.45, 2.75) is 20.8 Å². The van der Waals surface area contributed by atoms with E-state index in [0.29, 0.717) is 31.9 Å². The Bertz CT molecular complexity index is 728. The quantitative estimate of drug-likeness (QED) is 0.695. The standard InChI is InChI=1S/C17H15BrClNO2/c1-9(2)13-8-14(10(3)15(18)16(13)21)20-17(22)11-4-6-12(19)7-5-11/h4-9H,1-3H3. The van der Waals surface area contributed by atoms with Gasteiger partial charge in [0.05, 0.1) is 10.2 Å². The van der Waals surface area contributed by atoms with Gasteiger partial charge < -0.3 is 0 Å². The molecule has 5 heteroatoms. The van der Waals surface area contributed by atoms with Gasteiger partial charge >= 0.3 is 0 Å². The van der Waals surface area contributed by atoms with Crippen LogP contribution in [0.3, 0.4) is 0 Å². The zero-order chi connectivity index (χ0) is 16.4. The van der Waals surface area contributed by atoms with E-state index in [1.807, 2.05) is 13.8 Å². The summed E-state index contributed by atoms with van der Waals surface area (Å²) in [7, 11) is 0. The van der Waals surface area contributed by atoms with Crippen LogP contribution in [-0.2, 0) is 4.79 Å². The zero-order valence-electron chi connectivity index (χ0n) is 12.5. The van der Waals surface area contributed by atoms with Gasteiger partial charge in [-0.25, -0.2) is 4.99 Å². The van der Waals surface area contributed by atoms with E-state index in [4.69, 9.17) is 11.6 Å². The van der Waals surface area contributed by atoms with Crippen molar-refractivity contribution in [3.63, 3.8) is 0 Å². The number of nitrogens with zero attached hydrogens (tertiary/aromatic N) is 1.